The van der Waals surface area contributed by atoms with Gasteiger partial charge in [0.25, 0.3) is 0 Å². The van der Waals surface area contributed by atoms with E-state index in [1.807, 2.05) is 5.38 Å². The number of phenols is 1. The molecule has 1 aliphatic rings. The van der Waals surface area contributed by atoms with Crippen molar-refractivity contribution in [3.63, 3.8) is 0 Å². The third-order valence-electron chi connectivity index (χ3n) is 5.03. The zero-order chi connectivity index (χ0) is 18.3. The second kappa shape index (κ2) is 6.27. The van der Waals surface area contributed by atoms with E-state index in [1.165, 1.54) is 0 Å². The Morgan fingerprint density at radius 2 is 2.08 bits per heavy atom. The molecule has 2 N–H and O–H groups in total. The van der Waals surface area contributed by atoms with Crippen molar-refractivity contribution in [2.75, 3.05) is 12.4 Å². The van der Waals surface area contributed by atoms with Crippen LogP contribution in [-0.2, 0) is 4.74 Å². The van der Waals surface area contributed by atoms with Crippen LogP contribution in [0.3, 0.4) is 0 Å². The average molecular weight is 365 g/mol. The molecule has 0 bridgehead atoms. The Morgan fingerprint density at radius 1 is 1.31 bits per heavy atom. The number of anilines is 1. The Morgan fingerprint density at radius 3 is 2.77 bits per heavy atom. The standard InChI is InChI=1S/C20H19N3O2S/c1-4-12-5-6-14(17(24)7-12)18-15-10-26-11-16(15)19(23-22-18)21-13-8-20(2,9-13)25-3/h1,5-7,10-11,13,24H,8-9H2,2-3H3,(H,21,23). The van der Waals surface area contributed by atoms with Gasteiger partial charge in [-0.2, -0.15) is 11.3 Å². The van der Waals surface area contributed by atoms with Gasteiger partial charge in [-0.15, -0.1) is 16.6 Å². The fourth-order valence-electron chi connectivity index (χ4n) is 3.44. The largest absolute Gasteiger partial charge is 0.507 e. The number of phenolic OH excluding ortho intramolecular Hbond substituents is 1. The van der Waals surface area contributed by atoms with E-state index in [1.54, 1.807) is 36.6 Å². The summed E-state index contributed by atoms with van der Waals surface area (Å²) >= 11 is 1.59. The molecule has 2 heterocycles. The molecule has 0 amide bonds. The molecule has 1 saturated carbocycles. The van der Waals surface area contributed by atoms with Crippen LogP contribution in [0.15, 0.2) is 29.0 Å². The summed E-state index contributed by atoms with van der Waals surface area (Å²) in [6.45, 7) is 2.11. The summed E-state index contributed by atoms with van der Waals surface area (Å²) in [4.78, 5) is 0. The van der Waals surface area contributed by atoms with Gasteiger partial charge in [-0.1, -0.05) is 5.92 Å². The number of terminal acetylenes is 1. The van der Waals surface area contributed by atoms with Crippen molar-refractivity contribution in [1.82, 2.24) is 10.2 Å². The summed E-state index contributed by atoms with van der Waals surface area (Å²) in [7, 11) is 1.75. The van der Waals surface area contributed by atoms with E-state index >= 15 is 0 Å². The summed E-state index contributed by atoms with van der Waals surface area (Å²) in [5, 5.41) is 28.6. The summed E-state index contributed by atoms with van der Waals surface area (Å²) in [5.41, 5.74) is 1.86. The highest BCUT2D eigenvalue weighted by Crippen LogP contribution is 2.40. The maximum absolute atomic E-state index is 10.3. The molecule has 0 aliphatic heterocycles. The van der Waals surface area contributed by atoms with E-state index in [2.05, 4.69) is 33.7 Å². The number of ether oxygens (including phenoxy) is 1. The maximum Gasteiger partial charge on any atom is 0.157 e. The van der Waals surface area contributed by atoms with Gasteiger partial charge in [0.1, 0.15) is 11.4 Å². The molecule has 5 nitrogen and oxygen atoms in total. The zero-order valence-corrected chi connectivity index (χ0v) is 15.4. The molecule has 0 radical (unpaired) electrons. The fourth-order valence-corrected chi connectivity index (χ4v) is 4.26. The van der Waals surface area contributed by atoms with Crippen molar-refractivity contribution >= 4 is 27.9 Å². The van der Waals surface area contributed by atoms with Crippen LogP contribution >= 0.6 is 11.3 Å². The number of hydrogen-bond donors (Lipinski definition) is 2. The van der Waals surface area contributed by atoms with E-state index < -0.39 is 0 Å². The van der Waals surface area contributed by atoms with Crippen LogP contribution in [0.5, 0.6) is 5.75 Å². The average Bonchev–Trinajstić information content (AvgIpc) is 3.11. The highest BCUT2D eigenvalue weighted by Gasteiger charge is 2.40. The third-order valence-corrected chi connectivity index (χ3v) is 5.78. The number of thiophene rings is 1. The monoisotopic (exact) mass is 365 g/mol. The minimum absolute atomic E-state index is 0.0522. The molecule has 1 fully saturated rings. The molecular formula is C20H19N3O2S. The van der Waals surface area contributed by atoms with Gasteiger partial charge in [0.2, 0.25) is 0 Å². The molecule has 4 rings (SSSR count). The van der Waals surface area contributed by atoms with Crippen molar-refractivity contribution in [2.45, 2.75) is 31.4 Å². The van der Waals surface area contributed by atoms with E-state index in [-0.39, 0.29) is 11.4 Å². The summed E-state index contributed by atoms with van der Waals surface area (Å²) in [6.07, 6.45) is 7.27. The summed E-state index contributed by atoms with van der Waals surface area (Å²) in [6, 6.07) is 5.48. The molecule has 3 aromatic rings. The molecule has 1 aliphatic carbocycles. The van der Waals surface area contributed by atoms with Crippen LogP contribution in [0.25, 0.3) is 22.0 Å². The van der Waals surface area contributed by atoms with Crippen molar-refractivity contribution < 1.29 is 9.84 Å². The lowest BCUT2D eigenvalue weighted by atomic mass is 9.77. The van der Waals surface area contributed by atoms with Crippen LogP contribution in [0.1, 0.15) is 25.3 Å². The molecule has 2 aromatic heterocycles. The second-order valence-electron chi connectivity index (χ2n) is 6.88. The van der Waals surface area contributed by atoms with Gasteiger partial charge in [-0.3, -0.25) is 0 Å². The first-order chi connectivity index (χ1) is 12.5. The molecule has 0 atom stereocenters. The van der Waals surface area contributed by atoms with Crippen molar-refractivity contribution in [3.05, 3.63) is 34.5 Å². The smallest absolute Gasteiger partial charge is 0.157 e. The van der Waals surface area contributed by atoms with E-state index in [0.29, 0.717) is 22.9 Å². The van der Waals surface area contributed by atoms with Gasteiger partial charge in [0.15, 0.2) is 5.82 Å². The Labute approximate surface area is 156 Å². The molecular weight excluding hydrogens is 346 g/mol. The highest BCUT2D eigenvalue weighted by atomic mass is 32.1. The Balaban J connectivity index is 1.68. The van der Waals surface area contributed by atoms with Crippen LogP contribution in [0.2, 0.25) is 0 Å². The first-order valence-electron chi connectivity index (χ1n) is 8.37. The predicted octanol–water partition coefficient (Wildman–Crippen LogP) is 4.02. The van der Waals surface area contributed by atoms with Crippen molar-refractivity contribution in [2.24, 2.45) is 0 Å². The number of rotatable bonds is 4. The number of fused-ring (bicyclic) bond motifs is 1. The lowest BCUT2D eigenvalue weighted by Gasteiger charge is -2.44. The minimum atomic E-state index is -0.0522. The van der Waals surface area contributed by atoms with E-state index in [4.69, 9.17) is 11.2 Å². The van der Waals surface area contributed by atoms with Gasteiger partial charge in [0, 0.05) is 45.8 Å². The van der Waals surface area contributed by atoms with Crippen molar-refractivity contribution in [1.29, 1.82) is 0 Å². The van der Waals surface area contributed by atoms with Gasteiger partial charge in [0.05, 0.1) is 5.60 Å². The zero-order valence-electron chi connectivity index (χ0n) is 14.6. The molecule has 26 heavy (non-hydrogen) atoms. The van der Waals surface area contributed by atoms with Gasteiger partial charge < -0.3 is 15.2 Å². The molecule has 0 unspecified atom stereocenters. The lowest BCUT2D eigenvalue weighted by molar-refractivity contribution is -0.0625. The van der Waals surface area contributed by atoms with Gasteiger partial charge in [-0.25, -0.2) is 0 Å². The molecule has 1 aromatic carbocycles. The lowest BCUT2D eigenvalue weighted by Crippen LogP contribution is -2.49. The van der Waals surface area contributed by atoms with Crippen LogP contribution in [0, 0.1) is 12.3 Å². The van der Waals surface area contributed by atoms with Gasteiger partial charge >= 0.3 is 0 Å². The molecule has 6 heteroatoms. The summed E-state index contributed by atoms with van der Waals surface area (Å²) < 4.78 is 5.51. The first kappa shape index (κ1) is 16.8. The van der Waals surface area contributed by atoms with Gasteiger partial charge in [-0.05, 0) is 38.0 Å². The maximum atomic E-state index is 10.3. The predicted molar refractivity (Wildman–Crippen MR) is 105 cm³/mol. The highest BCUT2D eigenvalue weighted by molar-refractivity contribution is 7.09. The second-order valence-corrected chi connectivity index (χ2v) is 7.62. The van der Waals surface area contributed by atoms with Crippen LogP contribution < -0.4 is 5.32 Å². The first-order valence-corrected chi connectivity index (χ1v) is 9.31. The number of aromatic hydroxyl groups is 1. The minimum Gasteiger partial charge on any atom is -0.507 e. The van der Waals surface area contributed by atoms with E-state index in [0.717, 1.165) is 29.4 Å². The Bertz CT molecular complexity index is 1020. The normalized spacial score (nSPS) is 22.0. The number of nitrogens with one attached hydrogen (secondary N) is 1. The van der Waals surface area contributed by atoms with E-state index in [9.17, 15) is 5.11 Å². The van der Waals surface area contributed by atoms with Crippen LogP contribution in [0.4, 0.5) is 5.82 Å². The molecule has 132 valence electrons. The topological polar surface area (TPSA) is 67.3 Å². The SMILES string of the molecule is C#Cc1ccc(-c2nnc(NC3CC(C)(OC)C3)c3cscc23)c(O)c1. The summed E-state index contributed by atoms with van der Waals surface area (Å²) in [5.74, 6) is 3.40. The quantitative estimate of drug-likeness (QED) is 0.684. The Kier molecular flexibility index (Phi) is 4.06. The number of nitrogens with zero attached hydrogens (tertiary/aromatic N) is 2. The fraction of sp³-hybridized carbons (Fsp3) is 0.300. The number of benzene rings is 1. The molecule has 0 spiro atoms. The number of hydrogen-bond acceptors (Lipinski definition) is 6. The van der Waals surface area contributed by atoms with Crippen molar-refractivity contribution in [3.8, 4) is 29.4 Å². The van der Waals surface area contributed by atoms with Crippen LogP contribution in [-0.4, -0.2) is 34.1 Å². The molecule has 0 saturated heterocycles. The number of aromatic nitrogens is 2. The number of methoxy groups -OCH3 is 1. The Hall–Kier alpha value is -2.62. The third kappa shape index (κ3) is 2.79.